The van der Waals surface area contributed by atoms with Gasteiger partial charge in [-0.15, -0.1) is 0 Å². The normalized spacial score (nSPS) is 23.1. The van der Waals surface area contributed by atoms with Crippen molar-refractivity contribution < 1.29 is 19.8 Å². The van der Waals surface area contributed by atoms with Crippen molar-refractivity contribution in [1.82, 2.24) is 4.90 Å². The SMILES string of the molecule is CCCCN(CCO)C(=O)C1CCC(C(=O)O)CC1. The van der Waals surface area contributed by atoms with Crippen LogP contribution < -0.4 is 0 Å². The van der Waals surface area contributed by atoms with E-state index < -0.39 is 5.97 Å². The number of aliphatic hydroxyl groups is 1. The molecule has 1 saturated carbocycles. The first-order valence-corrected chi connectivity index (χ1v) is 7.22. The van der Waals surface area contributed by atoms with E-state index >= 15 is 0 Å². The lowest BCUT2D eigenvalue weighted by Gasteiger charge is -2.30. The van der Waals surface area contributed by atoms with E-state index in [4.69, 9.17) is 10.2 Å². The number of amides is 1. The molecule has 1 fully saturated rings. The molecule has 0 aromatic heterocycles. The largest absolute Gasteiger partial charge is 0.481 e. The maximum Gasteiger partial charge on any atom is 0.306 e. The van der Waals surface area contributed by atoms with Crippen LogP contribution in [-0.4, -0.2) is 46.7 Å². The molecule has 0 aromatic rings. The number of aliphatic hydroxyl groups excluding tert-OH is 1. The van der Waals surface area contributed by atoms with Gasteiger partial charge in [-0.25, -0.2) is 0 Å². The van der Waals surface area contributed by atoms with Crippen LogP contribution in [0.25, 0.3) is 0 Å². The van der Waals surface area contributed by atoms with E-state index in [0.717, 1.165) is 12.8 Å². The number of nitrogens with zero attached hydrogens (tertiary/aromatic N) is 1. The van der Waals surface area contributed by atoms with Crippen LogP contribution in [0.5, 0.6) is 0 Å². The summed E-state index contributed by atoms with van der Waals surface area (Å²) in [6.45, 7) is 3.13. The zero-order chi connectivity index (χ0) is 14.3. The third-order valence-electron chi connectivity index (χ3n) is 3.89. The fraction of sp³-hybridized carbons (Fsp3) is 0.857. The number of carboxylic acid groups (broad SMARTS) is 1. The molecule has 0 aliphatic heterocycles. The van der Waals surface area contributed by atoms with Gasteiger partial charge in [0, 0.05) is 19.0 Å². The summed E-state index contributed by atoms with van der Waals surface area (Å²) in [7, 11) is 0. The summed E-state index contributed by atoms with van der Waals surface area (Å²) in [5, 5.41) is 18.0. The van der Waals surface area contributed by atoms with E-state index in [1.807, 2.05) is 0 Å². The van der Waals surface area contributed by atoms with E-state index in [0.29, 0.717) is 38.8 Å². The van der Waals surface area contributed by atoms with Gasteiger partial charge in [-0.05, 0) is 32.1 Å². The second kappa shape index (κ2) is 8.15. The average molecular weight is 271 g/mol. The Morgan fingerprint density at radius 1 is 1.11 bits per heavy atom. The number of carbonyl (C=O) groups excluding carboxylic acids is 1. The quantitative estimate of drug-likeness (QED) is 0.735. The minimum Gasteiger partial charge on any atom is -0.481 e. The number of carbonyl (C=O) groups is 2. The van der Waals surface area contributed by atoms with Crippen molar-refractivity contribution in [2.45, 2.75) is 45.4 Å². The van der Waals surface area contributed by atoms with Crippen molar-refractivity contribution in [2.75, 3.05) is 19.7 Å². The average Bonchev–Trinajstić information content (AvgIpc) is 2.42. The van der Waals surface area contributed by atoms with E-state index in [-0.39, 0.29) is 24.3 Å². The molecule has 0 unspecified atom stereocenters. The maximum atomic E-state index is 12.3. The Morgan fingerprint density at radius 2 is 1.68 bits per heavy atom. The van der Waals surface area contributed by atoms with Gasteiger partial charge < -0.3 is 15.1 Å². The summed E-state index contributed by atoms with van der Waals surface area (Å²) in [6, 6.07) is 0. The van der Waals surface area contributed by atoms with Gasteiger partial charge in [0.2, 0.25) is 5.91 Å². The van der Waals surface area contributed by atoms with E-state index in [1.165, 1.54) is 0 Å². The van der Waals surface area contributed by atoms with Crippen LogP contribution in [0.3, 0.4) is 0 Å². The van der Waals surface area contributed by atoms with Gasteiger partial charge in [-0.2, -0.15) is 0 Å². The van der Waals surface area contributed by atoms with Gasteiger partial charge in [0.1, 0.15) is 0 Å². The molecule has 0 heterocycles. The summed E-state index contributed by atoms with van der Waals surface area (Å²) in [6.07, 6.45) is 4.45. The van der Waals surface area contributed by atoms with Crippen LogP contribution in [0.15, 0.2) is 0 Å². The summed E-state index contributed by atoms with van der Waals surface area (Å²) in [5.74, 6) is -1.000. The molecule has 1 rings (SSSR count). The summed E-state index contributed by atoms with van der Waals surface area (Å²) >= 11 is 0. The lowest BCUT2D eigenvalue weighted by Crippen LogP contribution is -2.40. The Balaban J connectivity index is 2.48. The number of aliphatic carboxylic acids is 1. The Bertz CT molecular complexity index is 298. The Morgan fingerprint density at radius 3 is 2.16 bits per heavy atom. The first-order chi connectivity index (χ1) is 9.10. The number of unbranched alkanes of at least 4 members (excludes halogenated alkanes) is 1. The van der Waals surface area contributed by atoms with Crippen molar-refractivity contribution in [2.24, 2.45) is 11.8 Å². The lowest BCUT2D eigenvalue weighted by molar-refractivity contribution is -0.145. The van der Waals surface area contributed by atoms with Gasteiger partial charge in [0.05, 0.1) is 12.5 Å². The number of hydrogen-bond donors (Lipinski definition) is 2. The van der Waals surface area contributed by atoms with Crippen molar-refractivity contribution in [3.05, 3.63) is 0 Å². The first kappa shape index (κ1) is 16.0. The van der Waals surface area contributed by atoms with E-state index in [9.17, 15) is 9.59 Å². The molecule has 0 radical (unpaired) electrons. The highest BCUT2D eigenvalue weighted by molar-refractivity contribution is 5.79. The first-order valence-electron chi connectivity index (χ1n) is 7.22. The Labute approximate surface area is 114 Å². The molecule has 0 spiro atoms. The molecule has 0 saturated heterocycles. The zero-order valence-corrected chi connectivity index (χ0v) is 11.7. The van der Waals surface area contributed by atoms with Gasteiger partial charge >= 0.3 is 5.97 Å². The van der Waals surface area contributed by atoms with Crippen LogP contribution in [0.1, 0.15) is 45.4 Å². The standard InChI is InChI=1S/C14H25NO4/c1-2-3-8-15(9-10-16)13(17)11-4-6-12(7-5-11)14(18)19/h11-12,16H,2-10H2,1H3,(H,18,19). The minimum absolute atomic E-state index is 0.0140. The zero-order valence-electron chi connectivity index (χ0n) is 11.7. The third kappa shape index (κ3) is 4.82. The Hall–Kier alpha value is -1.10. The minimum atomic E-state index is -0.746. The molecule has 0 atom stereocenters. The van der Waals surface area contributed by atoms with Crippen molar-refractivity contribution in [3.63, 3.8) is 0 Å². The highest BCUT2D eigenvalue weighted by Gasteiger charge is 2.31. The molecule has 1 amide bonds. The molecule has 1 aliphatic rings. The fourth-order valence-electron chi connectivity index (χ4n) is 2.65. The fourth-order valence-corrected chi connectivity index (χ4v) is 2.65. The highest BCUT2D eigenvalue weighted by Crippen LogP contribution is 2.30. The summed E-state index contributed by atoms with van der Waals surface area (Å²) in [4.78, 5) is 24.9. The van der Waals surface area contributed by atoms with Gasteiger partial charge in [0.15, 0.2) is 0 Å². The molecule has 2 N–H and O–H groups in total. The van der Waals surface area contributed by atoms with E-state index in [2.05, 4.69) is 6.92 Å². The molecular formula is C14H25NO4. The van der Waals surface area contributed by atoms with Crippen LogP contribution in [0, 0.1) is 11.8 Å². The topological polar surface area (TPSA) is 77.8 Å². The predicted octanol–water partition coefficient (Wildman–Crippen LogP) is 1.50. The van der Waals surface area contributed by atoms with Crippen LogP contribution in [-0.2, 0) is 9.59 Å². The van der Waals surface area contributed by atoms with Crippen molar-refractivity contribution >= 4 is 11.9 Å². The summed E-state index contributed by atoms with van der Waals surface area (Å²) in [5.41, 5.74) is 0. The van der Waals surface area contributed by atoms with Crippen LogP contribution >= 0.6 is 0 Å². The lowest BCUT2D eigenvalue weighted by atomic mass is 9.81. The third-order valence-corrected chi connectivity index (χ3v) is 3.89. The molecule has 5 heteroatoms. The van der Waals surface area contributed by atoms with Crippen LogP contribution in [0.2, 0.25) is 0 Å². The predicted molar refractivity (Wildman–Crippen MR) is 71.7 cm³/mol. The van der Waals surface area contributed by atoms with Gasteiger partial charge in [0.25, 0.3) is 0 Å². The van der Waals surface area contributed by atoms with Gasteiger partial charge in [-0.1, -0.05) is 13.3 Å². The smallest absolute Gasteiger partial charge is 0.306 e. The number of rotatable bonds is 7. The van der Waals surface area contributed by atoms with E-state index in [1.54, 1.807) is 4.90 Å². The van der Waals surface area contributed by atoms with Crippen LogP contribution in [0.4, 0.5) is 0 Å². The van der Waals surface area contributed by atoms with Crippen molar-refractivity contribution in [1.29, 1.82) is 0 Å². The molecule has 5 nitrogen and oxygen atoms in total. The van der Waals surface area contributed by atoms with Gasteiger partial charge in [-0.3, -0.25) is 9.59 Å². The number of carboxylic acids is 1. The van der Waals surface area contributed by atoms with Crippen molar-refractivity contribution in [3.8, 4) is 0 Å². The second-order valence-electron chi connectivity index (χ2n) is 5.29. The monoisotopic (exact) mass is 271 g/mol. The number of hydrogen-bond acceptors (Lipinski definition) is 3. The molecule has 0 bridgehead atoms. The summed E-state index contributed by atoms with van der Waals surface area (Å²) < 4.78 is 0. The molecule has 0 aromatic carbocycles. The Kier molecular flexibility index (Phi) is 6.84. The second-order valence-corrected chi connectivity index (χ2v) is 5.29. The molecule has 1 aliphatic carbocycles. The highest BCUT2D eigenvalue weighted by atomic mass is 16.4. The molecule has 110 valence electrons. The molecule has 19 heavy (non-hydrogen) atoms. The molecular weight excluding hydrogens is 246 g/mol. The maximum absolute atomic E-state index is 12.3.